The third kappa shape index (κ3) is 7.22. The van der Waals surface area contributed by atoms with Crippen LogP contribution in [-0.4, -0.2) is 30.3 Å². The second kappa shape index (κ2) is 12.2. The van der Waals surface area contributed by atoms with Crippen molar-refractivity contribution >= 4 is 11.9 Å². The molecule has 0 saturated heterocycles. The second-order valence-electron chi connectivity index (χ2n) is 9.68. The summed E-state index contributed by atoms with van der Waals surface area (Å²) in [6, 6.07) is 4.93. The molecule has 0 fully saturated rings. The van der Waals surface area contributed by atoms with Crippen LogP contribution < -0.4 is 4.74 Å². The van der Waals surface area contributed by atoms with Gasteiger partial charge in [-0.15, -0.1) is 0 Å². The Hall–Kier alpha value is -2.08. The zero-order valence-electron chi connectivity index (χ0n) is 20.2. The number of rotatable bonds is 14. The number of aliphatic hydroxyl groups is 1. The lowest BCUT2D eigenvalue weighted by molar-refractivity contribution is -0.230. The van der Waals surface area contributed by atoms with Crippen LogP contribution in [0.2, 0.25) is 0 Å². The third-order valence-corrected chi connectivity index (χ3v) is 5.72. The standard InChI is InChI=1S/C26H40O6/c1-5-6-7-8-9-10-11-12-13-14-17-30-20-15-16-22-21(18-20)23(28)31-26(22,19-27)32-24(29)25(2,3)4/h15-16,18,27H,5-14,17,19H2,1-4H3/t26-/m1/s1. The molecule has 1 N–H and O–H groups in total. The van der Waals surface area contributed by atoms with Gasteiger partial charge in [0.1, 0.15) is 12.4 Å². The maximum absolute atomic E-state index is 12.4. The number of cyclic esters (lactones) is 1. The summed E-state index contributed by atoms with van der Waals surface area (Å²) in [6.45, 7) is 7.26. The molecule has 2 rings (SSSR count). The van der Waals surface area contributed by atoms with Crippen molar-refractivity contribution in [3.05, 3.63) is 29.3 Å². The number of hydrogen-bond acceptors (Lipinski definition) is 6. The van der Waals surface area contributed by atoms with E-state index >= 15 is 0 Å². The Bertz CT molecular complexity index is 751. The summed E-state index contributed by atoms with van der Waals surface area (Å²) in [5, 5.41) is 9.90. The molecule has 0 spiro atoms. The average Bonchev–Trinajstić information content (AvgIpc) is 3.03. The molecule has 6 nitrogen and oxygen atoms in total. The molecule has 1 heterocycles. The maximum atomic E-state index is 12.4. The van der Waals surface area contributed by atoms with E-state index in [0.717, 1.165) is 12.8 Å². The molecule has 0 unspecified atom stereocenters. The van der Waals surface area contributed by atoms with Crippen LogP contribution in [0.15, 0.2) is 18.2 Å². The lowest BCUT2D eigenvalue weighted by Crippen LogP contribution is -2.40. The molecule has 0 bridgehead atoms. The Kier molecular flexibility index (Phi) is 10.0. The fourth-order valence-electron chi connectivity index (χ4n) is 3.68. The Morgan fingerprint density at radius 1 is 1.00 bits per heavy atom. The van der Waals surface area contributed by atoms with Crippen molar-refractivity contribution in [3.63, 3.8) is 0 Å². The number of ether oxygens (including phenoxy) is 3. The summed E-state index contributed by atoms with van der Waals surface area (Å²) in [5.74, 6) is -2.44. The normalized spacial score (nSPS) is 17.7. The van der Waals surface area contributed by atoms with Crippen molar-refractivity contribution in [2.24, 2.45) is 5.41 Å². The lowest BCUT2D eigenvalue weighted by Gasteiger charge is -2.29. The predicted molar refractivity (Wildman–Crippen MR) is 124 cm³/mol. The SMILES string of the molecule is CCCCCCCCCCCCOc1ccc2c(c1)C(=O)O[C@]2(CO)OC(=O)C(C)(C)C. The van der Waals surface area contributed by atoms with Crippen LogP contribution in [0.25, 0.3) is 0 Å². The molecule has 32 heavy (non-hydrogen) atoms. The van der Waals surface area contributed by atoms with E-state index in [2.05, 4.69) is 6.92 Å². The molecule has 0 aromatic heterocycles. The van der Waals surface area contributed by atoms with Crippen LogP contribution in [-0.2, 0) is 20.1 Å². The van der Waals surface area contributed by atoms with Crippen molar-refractivity contribution in [1.29, 1.82) is 0 Å². The van der Waals surface area contributed by atoms with E-state index in [0.29, 0.717) is 17.9 Å². The van der Waals surface area contributed by atoms with E-state index in [9.17, 15) is 14.7 Å². The van der Waals surface area contributed by atoms with E-state index in [1.165, 1.54) is 51.4 Å². The highest BCUT2D eigenvalue weighted by atomic mass is 16.7. The average molecular weight is 449 g/mol. The van der Waals surface area contributed by atoms with Gasteiger partial charge in [0.05, 0.1) is 23.1 Å². The minimum atomic E-state index is -1.80. The summed E-state index contributed by atoms with van der Waals surface area (Å²) in [6.07, 6.45) is 12.6. The number of carbonyl (C=O) groups is 2. The highest BCUT2D eigenvalue weighted by Gasteiger charge is 2.50. The number of benzene rings is 1. The largest absolute Gasteiger partial charge is 0.494 e. The summed E-state index contributed by atoms with van der Waals surface area (Å²) in [5.41, 5.74) is -0.203. The van der Waals surface area contributed by atoms with E-state index < -0.39 is 29.7 Å². The van der Waals surface area contributed by atoms with Crippen LogP contribution in [0.1, 0.15) is 108 Å². The lowest BCUT2D eigenvalue weighted by atomic mass is 9.96. The number of hydrogen-bond donors (Lipinski definition) is 1. The smallest absolute Gasteiger partial charge is 0.342 e. The molecule has 0 radical (unpaired) electrons. The third-order valence-electron chi connectivity index (χ3n) is 5.72. The Morgan fingerprint density at radius 3 is 2.16 bits per heavy atom. The Morgan fingerprint density at radius 2 is 1.59 bits per heavy atom. The molecule has 0 aliphatic carbocycles. The molecular formula is C26H40O6. The van der Waals surface area contributed by atoms with Gasteiger partial charge in [0.2, 0.25) is 0 Å². The molecule has 1 aliphatic heterocycles. The van der Waals surface area contributed by atoms with Crippen LogP contribution >= 0.6 is 0 Å². The number of carbonyl (C=O) groups excluding carboxylic acids is 2. The quantitative estimate of drug-likeness (QED) is 0.282. The van der Waals surface area contributed by atoms with Gasteiger partial charge in [-0.25, -0.2) is 4.79 Å². The molecule has 180 valence electrons. The fraction of sp³-hybridized carbons (Fsp3) is 0.692. The molecule has 1 aliphatic rings. The molecule has 1 aromatic rings. The minimum Gasteiger partial charge on any atom is -0.494 e. The Labute approximate surface area is 192 Å². The number of aliphatic hydroxyl groups excluding tert-OH is 1. The highest BCUT2D eigenvalue weighted by Crippen LogP contribution is 2.40. The number of unbranched alkanes of at least 4 members (excludes halogenated alkanes) is 9. The first kappa shape index (κ1) is 26.2. The summed E-state index contributed by atoms with van der Waals surface area (Å²) >= 11 is 0. The van der Waals surface area contributed by atoms with E-state index in [1.54, 1.807) is 39.0 Å². The zero-order chi connectivity index (χ0) is 23.6. The van der Waals surface area contributed by atoms with Crippen molar-refractivity contribution in [2.45, 2.75) is 97.7 Å². The molecule has 6 heteroatoms. The van der Waals surface area contributed by atoms with Gasteiger partial charge in [0.15, 0.2) is 0 Å². The van der Waals surface area contributed by atoms with Crippen LogP contribution in [0.4, 0.5) is 0 Å². The molecule has 0 saturated carbocycles. The first-order valence-electron chi connectivity index (χ1n) is 12.1. The van der Waals surface area contributed by atoms with Crippen LogP contribution in [0.3, 0.4) is 0 Å². The van der Waals surface area contributed by atoms with Crippen molar-refractivity contribution in [3.8, 4) is 5.75 Å². The van der Waals surface area contributed by atoms with Crippen molar-refractivity contribution < 1.29 is 28.9 Å². The molecule has 1 atom stereocenters. The topological polar surface area (TPSA) is 82.1 Å². The van der Waals surface area contributed by atoms with Gasteiger partial charge in [-0.1, -0.05) is 64.7 Å². The summed E-state index contributed by atoms with van der Waals surface area (Å²) in [7, 11) is 0. The van der Waals surface area contributed by atoms with E-state index in [-0.39, 0.29) is 5.56 Å². The maximum Gasteiger partial charge on any atom is 0.342 e. The predicted octanol–water partition coefficient (Wildman–Crippen LogP) is 5.89. The second-order valence-corrected chi connectivity index (χ2v) is 9.68. The fourth-order valence-corrected chi connectivity index (χ4v) is 3.68. The number of fused-ring (bicyclic) bond motifs is 1. The van der Waals surface area contributed by atoms with Crippen LogP contribution in [0, 0.1) is 5.41 Å². The highest BCUT2D eigenvalue weighted by molar-refractivity contribution is 5.95. The van der Waals surface area contributed by atoms with E-state index in [4.69, 9.17) is 14.2 Å². The molecule has 1 aromatic carbocycles. The van der Waals surface area contributed by atoms with Crippen molar-refractivity contribution in [1.82, 2.24) is 0 Å². The summed E-state index contributed by atoms with van der Waals surface area (Å²) in [4.78, 5) is 24.7. The van der Waals surface area contributed by atoms with Gasteiger partial charge in [-0.2, -0.15) is 0 Å². The van der Waals surface area contributed by atoms with Crippen LogP contribution in [0.5, 0.6) is 5.75 Å². The zero-order valence-corrected chi connectivity index (χ0v) is 20.2. The number of esters is 2. The van der Waals surface area contributed by atoms with E-state index in [1.807, 2.05) is 0 Å². The molecule has 0 amide bonds. The molecular weight excluding hydrogens is 408 g/mol. The monoisotopic (exact) mass is 448 g/mol. The van der Waals surface area contributed by atoms with Gasteiger partial charge in [0, 0.05) is 0 Å². The minimum absolute atomic E-state index is 0.251. The first-order chi connectivity index (χ1) is 15.2. The van der Waals surface area contributed by atoms with Gasteiger partial charge in [0.25, 0.3) is 0 Å². The van der Waals surface area contributed by atoms with Gasteiger partial charge < -0.3 is 19.3 Å². The van der Waals surface area contributed by atoms with Crippen molar-refractivity contribution in [2.75, 3.05) is 13.2 Å². The van der Waals surface area contributed by atoms with Gasteiger partial charge >= 0.3 is 17.7 Å². The Balaban J connectivity index is 1.81. The van der Waals surface area contributed by atoms with Gasteiger partial charge in [-0.05, 0) is 45.4 Å². The summed E-state index contributed by atoms with van der Waals surface area (Å²) < 4.78 is 16.6. The first-order valence-corrected chi connectivity index (χ1v) is 12.1. The van der Waals surface area contributed by atoms with Gasteiger partial charge in [-0.3, -0.25) is 4.79 Å².